The van der Waals surface area contributed by atoms with E-state index in [0.717, 1.165) is 18.1 Å². The van der Waals surface area contributed by atoms with Crippen LogP contribution < -0.4 is 10.6 Å². The fourth-order valence-corrected chi connectivity index (χ4v) is 6.23. The second-order valence-corrected chi connectivity index (χ2v) is 12.0. The number of hydrogen-bond acceptors (Lipinski definition) is 5. The summed E-state index contributed by atoms with van der Waals surface area (Å²) in [5.74, 6) is -1.83. The Morgan fingerprint density at radius 1 is 1.14 bits per heavy atom. The lowest BCUT2D eigenvalue weighted by Gasteiger charge is -2.33. The molecule has 0 spiro atoms. The minimum absolute atomic E-state index is 0.0220. The van der Waals surface area contributed by atoms with Gasteiger partial charge in [0.2, 0.25) is 11.8 Å². The molecule has 7 nitrogen and oxygen atoms in total. The van der Waals surface area contributed by atoms with Gasteiger partial charge in [0.25, 0.3) is 0 Å². The molecule has 2 aromatic rings. The molecule has 0 unspecified atom stereocenters. The van der Waals surface area contributed by atoms with Gasteiger partial charge in [-0.15, -0.1) is 0 Å². The summed E-state index contributed by atoms with van der Waals surface area (Å²) in [5, 5.41) is 17.8. The molecule has 42 heavy (non-hydrogen) atoms. The molecule has 2 amide bonds. The van der Waals surface area contributed by atoms with Crippen LogP contribution in [-0.2, 0) is 27.2 Å². The molecule has 2 aliphatic heterocycles. The second kappa shape index (κ2) is 15.0. The van der Waals surface area contributed by atoms with Gasteiger partial charge in [0, 0.05) is 37.7 Å². The molecule has 0 saturated carbocycles. The Balaban J connectivity index is 1.56. The first-order chi connectivity index (χ1) is 20.2. The van der Waals surface area contributed by atoms with Gasteiger partial charge >= 0.3 is 0 Å². The minimum Gasteiger partial charge on any atom is -0.389 e. The number of nitrogens with one attached hydrogen (secondary N) is 2. The molecule has 9 heteroatoms. The SMILES string of the molecule is CCCO[C@H]1CN[C@@H]([C@@H](O)[C@H](Cc2cc(F)cc(F)c2)NC(=O)[C@H](CCc2ccccc2)N2CC[C@H](C(C)C)C2=O)C1. The van der Waals surface area contributed by atoms with Crippen LogP contribution in [0.5, 0.6) is 0 Å². The number of aliphatic hydroxyl groups excluding tert-OH is 1. The van der Waals surface area contributed by atoms with E-state index >= 15 is 0 Å². The number of halogens is 2. The van der Waals surface area contributed by atoms with Crippen molar-refractivity contribution < 1.29 is 28.2 Å². The van der Waals surface area contributed by atoms with Gasteiger partial charge in [0.15, 0.2) is 0 Å². The third-order valence-electron chi connectivity index (χ3n) is 8.53. The molecule has 0 aliphatic carbocycles. The molecule has 0 radical (unpaired) electrons. The predicted octanol–water partition coefficient (Wildman–Crippen LogP) is 4.02. The van der Waals surface area contributed by atoms with E-state index in [0.29, 0.717) is 50.9 Å². The molecule has 3 N–H and O–H groups in total. The van der Waals surface area contributed by atoms with Crippen LogP contribution in [0, 0.1) is 23.5 Å². The zero-order valence-corrected chi connectivity index (χ0v) is 24.9. The van der Waals surface area contributed by atoms with Gasteiger partial charge in [-0.25, -0.2) is 8.78 Å². The molecule has 2 aliphatic rings. The molecule has 2 heterocycles. The first-order valence-electron chi connectivity index (χ1n) is 15.3. The van der Waals surface area contributed by atoms with Crippen LogP contribution in [0.4, 0.5) is 8.78 Å². The van der Waals surface area contributed by atoms with Gasteiger partial charge < -0.3 is 25.4 Å². The molecule has 0 aromatic heterocycles. The summed E-state index contributed by atoms with van der Waals surface area (Å²) in [6, 6.07) is 11.1. The molecule has 2 aromatic carbocycles. The van der Waals surface area contributed by atoms with Gasteiger partial charge in [0.1, 0.15) is 17.7 Å². The number of likely N-dealkylation sites (tertiary alicyclic amines) is 1. The summed E-state index contributed by atoms with van der Waals surface area (Å²) < 4.78 is 34.0. The van der Waals surface area contributed by atoms with E-state index in [2.05, 4.69) is 10.6 Å². The normalized spacial score (nSPS) is 22.9. The van der Waals surface area contributed by atoms with E-state index in [4.69, 9.17) is 4.74 Å². The average molecular weight is 586 g/mol. The highest BCUT2D eigenvalue weighted by molar-refractivity contribution is 5.90. The van der Waals surface area contributed by atoms with E-state index < -0.39 is 29.8 Å². The van der Waals surface area contributed by atoms with Crippen molar-refractivity contribution >= 4 is 11.8 Å². The molecule has 4 rings (SSSR count). The van der Waals surface area contributed by atoms with Crippen molar-refractivity contribution in [1.29, 1.82) is 0 Å². The minimum atomic E-state index is -1.05. The van der Waals surface area contributed by atoms with E-state index in [-0.39, 0.29) is 42.2 Å². The zero-order valence-electron chi connectivity index (χ0n) is 24.9. The quantitative estimate of drug-likeness (QED) is 0.312. The Labute approximate surface area is 248 Å². The Kier molecular flexibility index (Phi) is 11.5. The number of aliphatic hydroxyl groups is 1. The van der Waals surface area contributed by atoms with Crippen molar-refractivity contribution in [2.45, 2.75) is 89.6 Å². The largest absolute Gasteiger partial charge is 0.389 e. The highest BCUT2D eigenvalue weighted by Gasteiger charge is 2.41. The molecular weight excluding hydrogens is 540 g/mol. The number of ether oxygens (including phenoxy) is 1. The van der Waals surface area contributed by atoms with Gasteiger partial charge in [0.05, 0.1) is 18.2 Å². The fourth-order valence-electron chi connectivity index (χ4n) is 6.23. The Morgan fingerprint density at radius 2 is 1.86 bits per heavy atom. The highest BCUT2D eigenvalue weighted by atomic mass is 19.1. The molecule has 2 saturated heterocycles. The number of hydrogen-bond donors (Lipinski definition) is 3. The summed E-state index contributed by atoms with van der Waals surface area (Å²) in [6.07, 6.45) is 2.02. The van der Waals surface area contributed by atoms with Crippen molar-refractivity contribution in [3.63, 3.8) is 0 Å². The zero-order chi connectivity index (χ0) is 30.2. The lowest BCUT2D eigenvalue weighted by Crippen LogP contribution is -2.57. The monoisotopic (exact) mass is 585 g/mol. The summed E-state index contributed by atoms with van der Waals surface area (Å²) in [4.78, 5) is 29.1. The van der Waals surface area contributed by atoms with Crippen LogP contribution in [0.15, 0.2) is 48.5 Å². The summed E-state index contributed by atoms with van der Waals surface area (Å²) in [7, 11) is 0. The van der Waals surface area contributed by atoms with Crippen LogP contribution in [-0.4, -0.2) is 71.9 Å². The van der Waals surface area contributed by atoms with Crippen molar-refractivity contribution in [3.8, 4) is 0 Å². The molecule has 2 fully saturated rings. The average Bonchev–Trinajstić information content (AvgIpc) is 3.58. The van der Waals surface area contributed by atoms with Gasteiger partial charge in [-0.2, -0.15) is 0 Å². The topological polar surface area (TPSA) is 90.9 Å². The fraction of sp³-hybridized carbons (Fsp3) is 0.576. The van der Waals surface area contributed by atoms with Crippen LogP contribution in [0.25, 0.3) is 0 Å². The van der Waals surface area contributed by atoms with Crippen LogP contribution in [0.2, 0.25) is 0 Å². The van der Waals surface area contributed by atoms with Crippen molar-refractivity contribution in [3.05, 3.63) is 71.3 Å². The summed E-state index contributed by atoms with van der Waals surface area (Å²) >= 11 is 0. The standard InChI is InChI=1S/C33H45F2N3O4/c1-4-14-42-26-19-28(36-20-26)31(39)29(17-23-15-24(34)18-25(35)16-23)37-32(40)30(11-10-22-8-6-5-7-9-22)38-13-12-27(21(2)3)33(38)41/h5-9,15-16,18,21,26-31,36,39H,4,10-14,17,19-20H2,1-3H3,(H,37,40)/t26-,27-,28-,29+,30+,31-/m1/s1. The van der Waals surface area contributed by atoms with Crippen molar-refractivity contribution in [2.24, 2.45) is 11.8 Å². The molecule has 230 valence electrons. The maximum absolute atomic E-state index is 14.1. The van der Waals surface area contributed by atoms with Gasteiger partial charge in [-0.05, 0) is 67.7 Å². The highest BCUT2D eigenvalue weighted by Crippen LogP contribution is 2.29. The number of rotatable bonds is 14. The van der Waals surface area contributed by atoms with Gasteiger partial charge in [-0.1, -0.05) is 51.1 Å². The van der Waals surface area contributed by atoms with Crippen LogP contribution >= 0.6 is 0 Å². The number of benzene rings is 2. The van der Waals surface area contributed by atoms with E-state index in [1.54, 1.807) is 4.90 Å². The van der Waals surface area contributed by atoms with E-state index in [1.165, 1.54) is 12.1 Å². The number of aryl methyl sites for hydroxylation is 1. The predicted molar refractivity (Wildman–Crippen MR) is 158 cm³/mol. The van der Waals surface area contributed by atoms with E-state index in [9.17, 15) is 23.5 Å². The maximum Gasteiger partial charge on any atom is 0.243 e. The Morgan fingerprint density at radius 3 is 2.50 bits per heavy atom. The van der Waals surface area contributed by atoms with Crippen LogP contribution in [0.3, 0.4) is 0 Å². The lowest BCUT2D eigenvalue weighted by molar-refractivity contribution is -0.141. The molecule has 6 atom stereocenters. The Hall–Kier alpha value is -2.88. The van der Waals surface area contributed by atoms with Crippen molar-refractivity contribution in [2.75, 3.05) is 19.7 Å². The first-order valence-corrected chi connectivity index (χ1v) is 15.3. The first kappa shape index (κ1) is 32.0. The summed E-state index contributed by atoms with van der Waals surface area (Å²) in [6.45, 7) is 7.72. The third kappa shape index (κ3) is 8.36. The van der Waals surface area contributed by atoms with Crippen LogP contribution in [0.1, 0.15) is 57.6 Å². The lowest BCUT2D eigenvalue weighted by atomic mass is 9.93. The van der Waals surface area contributed by atoms with E-state index in [1.807, 2.05) is 51.1 Å². The third-order valence-corrected chi connectivity index (χ3v) is 8.53. The second-order valence-electron chi connectivity index (χ2n) is 12.0. The number of amides is 2. The maximum atomic E-state index is 14.1. The van der Waals surface area contributed by atoms with Gasteiger partial charge in [-0.3, -0.25) is 9.59 Å². The number of carbonyl (C=O) groups is 2. The number of nitrogens with zero attached hydrogens (tertiary/aromatic N) is 1. The smallest absolute Gasteiger partial charge is 0.243 e. The van der Waals surface area contributed by atoms with Crippen molar-refractivity contribution in [1.82, 2.24) is 15.5 Å². The number of carbonyl (C=O) groups excluding carboxylic acids is 2. The molecular formula is C33H45F2N3O4. The Bertz CT molecular complexity index is 1160. The summed E-state index contributed by atoms with van der Waals surface area (Å²) in [5.41, 5.74) is 1.38. The molecule has 0 bridgehead atoms.